The lowest BCUT2D eigenvalue weighted by molar-refractivity contribution is -0.136. The van der Waals surface area contributed by atoms with Crippen LogP contribution in [0.4, 0.5) is 5.69 Å². The molecule has 9 heteroatoms. The van der Waals surface area contributed by atoms with Gasteiger partial charge >= 0.3 is 0 Å². The molecule has 0 radical (unpaired) electrons. The first-order valence-electron chi connectivity index (χ1n) is 11.7. The number of aryl methyl sites for hydroxylation is 2. The Morgan fingerprint density at radius 3 is 2.45 bits per heavy atom. The summed E-state index contributed by atoms with van der Waals surface area (Å²) in [6.45, 7) is 1.59. The molecule has 1 saturated heterocycles. The maximum absolute atomic E-state index is 12.8. The molecular weight excluding hydrogens is 438 g/mol. The van der Waals surface area contributed by atoms with E-state index in [2.05, 4.69) is 25.4 Å². The number of piperidine rings is 1. The number of anilines is 1. The van der Waals surface area contributed by atoms with Gasteiger partial charge in [0.2, 0.25) is 5.91 Å². The van der Waals surface area contributed by atoms with Crippen LogP contribution in [0.3, 0.4) is 0 Å². The Bertz CT molecular complexity index is 1280. The first-order valence-corrected chi connectivity index (χ1v) is 13.2. The topological polar surface area (TPSA) is 89.2 Å². The SMILES string of the molecule is Cn1cnc(S(=O)(=O)Nc2ccc3c(c2)c(C2CCN(C(=O)C4CCCC4)CC2)cn3C)c1. The van der Waals surface area contributed by atoms with Crippen molar-refractivity contribution < 1.29 is 13.2 Å². The van der Waals surface area contributed by atoms with Crippen LogP contribution in [0.15, 0.2) is 41.9 Å². The second-order valence-electron chi connectivity index (χ2n) is 9.49. The maximum Gasteiger partial charge on any atom is 0.280 e. The Labute approximate surface area is 194 Å². The number of fused-ring (bicyclic) bond motifs is 1. The van der Waals surface area contributed by atoms with E-state index < -0.39 is 10.0 Å². The van der Waals surface area contributed by atoms with E-state index in [4.69, 9.17) is 0 Å². The molecule has 5 rings (SSSR count). The molecule has 2 fully saturated rings. The number of hydrogen-bond donors (Lipinski definition) is 1. The Kier molecular flexibility index (Phi) is 5.68. The number of benzene rings is 1. The van der Waals surface area contributed by atoms with Gasteiger partial charge in [-0.1, -0.05) is 12.8 Å². The van der Waals surface area contributed by atoms with Crippen molar-refractivity contribution in [3.63, 3.8) is 0 Å². The van der Waals surface area contributed by atoms with Crippen molar-refractivity contribution in [2.75, 3.05) is 17.8 Å². The molecule has 33 heavy (non-hydrogen) atoms. The van der Waals surface area contributed by atoms with E-state index >= 15 is 0 Å². The van der Waals surface area contributed by atoms with E-state index in [1.165, 1.54) is 30.9 Å². The number of imidazole rings is 1. The van der Waals surface area contributed by atoms with Gasteiger partial charge in [-0.25, -0.2) is 4.98 Å². The molecule has 8 nitrogen and oxygen atoms in total. The third kappa shape index (κ3) is 4.26. The smallest absolute Gasteiger partial charge is 0.280 e. The standard InChI is InChI=1S/C24H31N5O3S/c1-27-15-23(25-16-27)33(31,32)26-19-7-8-22-20(13-19)21(14-28(22)2)17-9-11-29(12-10-17)24(30)18-5-3-4-6-18/h7-8,13-18,26H,3-6,9-12H2,1-2H3. The van der Waals surface area contributed by atoms with Gasteiger partial charge in [0, 0.05) is 62.1 Å². The fourth-order valence-corrected chi connectivity index (χ4v) is 6.42. The third-order valence-corrected chi connectivity index (χ3v) is 8.45. The molecule has 3 aromatic rings. The molecule has 2 aliphatic rings. The van der Waals surface area contributed by atoms with E-state index in [1.807, 2.05) is 19.2 Å². The maximum atomic E-state index is 12.8. The average molecular weight is 470 g/mol. The number of carbonyl (C=O) groups excluding carboxylic acids is 1. The summed E-state index contributed by atoms with van der Waals surface area (Å²) >= 11 is 0. The van der Waals surface area contributed by atoms with Crippen molar-refractivity contribution >= 4 is 32.5 Å². The van der Waals surface area contributed by atoms with Crippen molar-refractivity contribution in [2.24, 2.45) is 20.0 Å². The second kappa shape index (κ2) is 8.52. The molecule has 0 unspecified atom stereocenters. The van der Waals surface area contributed by atoms with Gasteiger partial charge in [-0.3, -0.25) is 9.52 Å². The Morgan fingerprint density at radius 2 is 1.79 bits per heavy atom. The highest BCUT2D eigenvalue weighted by Gasteiger charge is 2.31. The van der Waals surface area contributed by atoms with Crippen LogP contribution in [0.2, 0.25) is 0 Å². The fraction of sp³-hybridized carbons (Fsp3) is 0.500. The van der Waals surface area contributed by atoms with E-state index in [0.717, 1.165) is 49.7 Å². The molecule has 1 aliphatic heterocycles. The highest BCUT2D eigenvalue weighted by atomic mass is 32.2. The number of hydrogen-bond acceptors (Lipinski definition) is 4. The van der Waals surface area contributed by atoms with Crippen molar-refractivity contribution in [1.82, 2.24) is 19.0 Å². The largest absolute Gasteiger partial charge is 0.350 e. The summed E-state index contributed by atoms with van der Waals surface area (Å²) < 4.78 is 31.8. The zero-order valence-electron chi connectivity index (χ0n) is 19.2. The number of amides is 1. The van der Waals surface area contributed by atoms with Gasteiger partial charge in [0.05, 0.1) is 6.33 Å². The van der Waals surface area contributed by atoms with E-state index in [1.54, 1.807) is 17.7 Å². The summed E-state index contributed by atoms with van der Waals surface area (Å²) in [7, 11) is 0.00325. The number of nitrogens with zero attached hydrogens (tertiary/aromatic N) is 4. The van der Waals surface area contributed by atoms with Crippen molar-refractivity contribution in [1.29, 1.82) is 0 Å². The lowest BCUT2D eigenvalue weighted by Crippen LogP contribution is -2.40. The average Bonchev–Trinajstić information content (AvgIpc) is 3.54. The van der Waals surface area contributed by atoms with E-state index in [-0.39, 0.29) is 10.9 Å². The predicted molar refractivity (Wildman–Crippen MR) is 127 cm³/mol. The first kappa shape index (κ1) is 22.0. The minimum atomic E-state index is -3.75. The van der Waals surface area contributed by atoms with Gasteiger partial charge < -0.3 is 14.0 Å². The van der Waals surface area contributed by atoms with Crippen molar-refractivity contribution in [3.8, 4) is 0 Å². The molecule has 1 aromatic carbocycles. The predicted octanol–water partition coefficient (Wildman–Crippen LogP) is 3.61. The van der Waals surface area contributed by atoms with Crippen LogP contribution in [0.5, 0.6) is 0 Å². The number of nitrogens with one attached hydrogen (secondary N) is 1. The van der Waals surface area contributed by atoms with Crippen molar-refractivity contribution in [3.05, 3.63) is 42.5 Å². The Morgan fingerprint density at radius 1 is 1.06 bits per heavy atom. The Hall–Kier alpha value is -2.81. The third-order valence-electron chi connectivity index (χ3n) is 7.18. The lowest BCUT2D eigenvalue weighted by Gasteiger charge is -2.33. The minimum absolute atomic E-state index is 0.00214. The number of rotatable bonds is 5. The van der Waals surface area contributed by atoms with Crippen LogP contribution in [-0.2, 0) is 28.9 Å². The van der Waals surface area contributed by atoms with Gasteiger partial charge in [-0.15, -0.1) is 0 Å². The fourth-order valence-electron chi connectivity index (χ4n) is 5.39. The normalized spacial score (nSPS) is 18.3. The molecule has 1 aliphatic carbocycles. The highest BCUT2D eigenvalue weighted by molar-refractivity contribution is 7.92. The molecule has 1 amide bonds. The van der Waals surface area contributed by atoms with E-state index in [0.29, 0.717) is 17.5 Å². The first-order chi connectivity index (χ1) is 15.8. The molecular formula is C24H31N5O3S. The summed E-state index contributed by atoms with van der Waals surface area (Å²) in [6, 6.07) is 5.66. The van der Waals surface area contributed by atoms with Crippen LogP contribution in [0.1, 0.15) is 50.0 Å². The molecule has 176 valence electrons. The molecule has 0 bridgehead atoms. The van der Waals surface area contributed by atoms with Gasteiger partial charge in [0.15, 0.2) is 5.03 Å². The van der Waals surface area contributed by atoms with Gasteiger partial charge in [-0.05, 0) is 55.4 Å². The zero-order valence-corrected chi connectivity index (χ0v) is 20.0. The monoisotopic (exact) mass is 469 g/mol. The summed E-state index contributed by atoms with van der Waals surface area (Å²) in [6.07, 6.45) is 11.4. The molecule has 3 heterocycles. The number of aromatic nitrogens is 3. The minimum Gasteiger partial charge on any atom is -0.350 e. The summed E-state index contributed by atoms with van der Waals surface area (Å²) in [5, 5.41) is 1.05. The quantitative estimate of drug-likeness (QED) is 0.618. The molecule has 1 saturated carbocycles. The van der Waals surface area contributed by atoms with Gasteiger partial charge in [-0.2, -0.15) is 8.42 Å². The number of sulfonamides is 1. The van der Waals surface area contributed by atoms with Crippen LogP contribution < -0.4 is 4.72 Å². The van der Waals surface area contributed by atoms with Crippen LogP contribution >= 0.6 is 0 Å². The molecule has 0 spiro atoms. The summed E-state index contributed by atoms with van der Waals surface area (Å²) in [5.41, 5.74) is 2.81. The van der Waals surface area contributed by atoms with E-state index in [9.17, 15) is 13.2 Å². The van der Waals surface area contributed by atoms with Crippen molar-refractivity contribution in [2.45, 2.75) is 49.5 Å². The van der Waals surface area contributed by atoms with Crippen LogP contribution in [0, 0.1) is 5.92 Å². The summed E-state index contributed by atoms with van der Waals surface area (Å²) in [4.78, 5) is 18.8. The number of likely N-dealkylation sites (tertiary alicyclic amines) is 1. The second-order valence-corrected chi connectivity index (χ2v) is 11.1. The molecule has 1 N–H and O–H groups in total. The zero-order chi connectivity index (χ0) is 23.2. The van der Waals surface area contributed by atoms with Crippen LogP contribution in [0.25, 0.3) is 10.9 Å². The molecule has 2 aromatic heterocycles. The van der Waals surface area contributed by atoms with Crippen LogP contribution in [-0.4, -0.2) is 46.4 Å². The highest BCUT2D eigenvalue weighted by Crippen LogP contribution is 2.37. The number of carbonyl (C=O) groups is 1. The van der Waals surface area contributed by atoms with Gasteiger partial charge in [0.1, 0.15) is 0 Å². The lowest BCUT2D eigenvalue weighted by atomic mass is 9.88. The van der Waals surface area contributed by atoms with Gasteiger partial charge in [0.25, 0.3) is 10.0 Å². The Balaban J connectivity index is 1.35. The molecule has 0 atom stereocenters. The summed E-state index contributed by atoms with van der Waals surface area (Å²) in [5.74, 6) is 0.924.